The third-order valence-electron chi connectivity index (χ3n) is 4.78. The molecule has 0 aliphatic carbocycles. The maximum absolute atomic E-state index is 13.2. The average molecular weight is 540 g/mol. The molecule has 1 heterocycles. The number of aliphatic hydroxyl groups excluding tert-OH is 1. The predicted octanol–water partition coefficient (Wildman–Crippen LogP) is 6.72. The van der Waals surface area contributed by atoms with E-state index in [9.17, 15) is 63.1 Å². The van der Waals surface area contributed by atoms with Crippen LogP contribution in [0.25, 0.3) is 0 Å². The van der Waals surface area contributed by atoms with Crippen LogP contribution in [0.4, 0.5) is 52.7 Å². The standard InChI is InChI=1S/C20H12F12N2O2/c1-36-16(9-2-10(17(21,22)23)6-11(3-9)18(24,25)26)12(7-33)15(35)8-4-13(19(27,28)29)34-14(5-8)20(30,31)32/h2-6,12,15-16,35H,1H3. The minimum atomic E-state index is -5.44. The van der Waals surface area contributed by atoms with Gasteiger partial charge in [-0.15, -0.1) is 0 Å². The Morgan fingerprint density at radius 1 is 0.722 bits per heavy atom. The van der Waals surface area contributed by atoms with Gasteiger partial charge in [0.1, 0.15) is 23.4 Å². The van der Waals surface area contributed by atoms with Crippen molar-refractivity contribution in [2.75, 3.05) is 7.11 Å². The number of ether oxygens (including phenoxy) is 1. The van der Waals surface area contributed by atoms with Gasteiger partial charge in [0, 0.05) is 7.11 Å². The molecule has 198 valence electrons. The average Bonchev–Trinajstić information content (AvgIpc) is 2.73. The lowest BCUT2D eigenvalue weighted by Gasteiger charge is -2.27. The number of aliphatic hydroxyl groups is 1. The number of nitriles is 1. The number of benzene rings is 1. The Kier molecular flexibility index (Phi) is 7.92. The van der Waals surface area contributed by atoms with Gasteiger partial charge in [0.25, 0.3) is 0 Å². The fraction of sp³-hybridized carbons (Fsp3) is 0.400. The molecule has 1 aromatic carbocycles. The molecule has 0 radical (unpaired) electrons. The van der Waals surface area contributed by atoms with E-state index in [2.05, 4.69) is 4.98 Å². The maximum Gasteiger partial charge on any atom is 0.433 e. The molecule has 0 aliphatic heterocycles. The third-order valence-corrected chi connectivity index (χ3v) is 4.78. The smallest absolute Gasteiger partial charge is 0.387 e. The second-order valence-corrected chi connectivity index (χ2v) is 7.26. The van der Waals surface area contributed by atoms with E-state index in [0.717, 1.165) is 0 Å². The number of pyridine rings is 1. The van der Waals surface area contributed by atoms with Crippen LogP contribution in [0.2, 0.25) is 0 Å². The highest BCUT2D eigenvalue weighted by Gasteiger charge is 2.42. The number of hydrogen-bond donors (Lipinski definition) is 1. The van der Waals surface area contributed by atoms with Crippen LogP contribution in [0.5, 0.6) is 0 Å². The van der Waals surface area contributed by atoms with Gasteiger partial charge in [0.05, 0.1) is 23.3 Å². The summed E-state index contributed by atoms with van der Waals surface area (Å²) in [7, 11) is 0.698. The van der Waals surface area contributed by atoms with Gasteiger partial charge in [-0.25, -0.2) is 4.98 Å². The van der Waals surface area contributed by atoms with Gasteiger partial charge < -0.3 is 9.84 Å². The van der Waals surface area contributed by atoms with Gasteiger partial charge in [0.15, 0.2) is 0 Å². The molecule has 2 aromatic rings. The first-order valence-electron chi connectivity index (χ1n) is 9.26. The molecule has 0 spiro atoms. The number of methoxy groups -OCH3 is 1. The number of hydrogen-bond acceptors (Lipinski definition) is 4. The largest absolute Gasteiger partial charge is 0.433 e. The molecule has 1 N–H and O–H groups in total. The van der Waals surface area contributed by atoms with Gasteiger partial charge in [-0.1, -0.05) is 0 Å². The molecule has 0 fully saturated rings. The Bertz CT molecular complexity index is 1070. The summed E-state index contributed by atoms with van der Waals surface area (Å²) in [5.74, 6) is -2.26. The van der Waals surface area contributed by atoms with Crippen molar-refractivity contribution < 1.29 is 62.5 Å². The van der Waals surface area contributed by atoms with Crippen LogP contribution < -0.4 is 0 Å². The zero-order valence-corrected chi connectivity index (χ0v) is 17.4. The van der Waals surface area contributed by atoms with Gasteiger partial charge >= 0.3 is 24.7 Å². The fourth-order valence-electron chi connectivity index (χ4n) is 3.16. The number of rotatable bonds is 5. The van der Waals surface area contributed by atoms with Crippen LogP contribution in [0.1, 0.15) is 45.8 Å². The van der Waals surface area contributed by atoms with E-state index in [1.54, 1.807) is 0 Å². The van der Waals surface area contributed by atoms with E-state index in [1.807, 2.05) is 0 Å². The summed E-state index contributed by atoms with van der Waals surface area (Å²) in [6.07, 6.45) is -26.3. The molecule has 3 unspecified atom stereocenters. The molecule has 0 saturated carbocycles. The number of halogens is 12. The maximum atomic E-state index is 13.2. The van der Waals surface area contributed by atoms with Crippen LogP contribution in [0.3, 0.4) is 0 Å². The first-order chi connectivity index (χ1) is 16.2. The molecule has 1 aromatic heterocycles. The van der Waals surface area contributed by atoms with Crippen molar-refractivity contribution in [1.82, 2.24) is 4.98 Å². The molecule has 3 atom stereocenters. The van der Waals surface area contributed by atoms with E-state index >= 15 is 0 Å². The van der Waals surface area contributed by atoms with Crippen molar-refractivity contribution >= 4 is 0 Å². The fourth-order valence-corrected chi connectivity index (χ4v) is 3.16. The summed E-state index contributed by atoms with van der Waals surface area (Å²) in [6, 6.07) is 1.24. The minimum Gasteiger partial charge on any atom is -0.387 e. The molecule has 36 heavy (non-hydrogen) atoms. The molecular weight excluding hydrogens is 528 g/mol. The third kappa shape index (κ3) is 6.58. The second-order valence-electron chi connectivity index (χ2n) is 7.26. The first kappa shape index (κ1) is 29.2. The number of aromatic nitrogens is 1. The topological polar surface area (TPSA) is 66.1 Å². The van der Waals surface area contributed by atoms with E-state index in [4.69, 9.17) is 4.74 Å². The summed E-state index contributed by atoms with van der Waals surface area (Å²) in [5.41, 5.74) is -10.0. The highest BCUT2D eigenvalue weighted by molar-refractivity contribution is 5.37. The van der Waals surface area contributed by atoms with Gasteiger partial charge in [0.2, 0.25) is 0 Å². The quantitative estimate of drug-likeness (QED) is 0.428. The van der Waals surface area contributed by atoms with Crippen LogP contribution in [0, 0.1) is 17.2 Å². The Hall–Kier alpha value is -3.06. The van der Waals surface area contributed by atoms with Gasteiger partial charge in [-0.05, 0) is 41.5 Å². The van der Waals surface area contributed by atoms with Crippen molar-refractivity contribution in [2.24, 2.45) is 5.92 Å². The predicted molar refractivity (Wildman–Crippen MR) is 94.5 cm³/mol. The van der Waals surface area contributed by atoms with E-state index in [1.165, 1.54) is 6.07 Å². The highest BCUT2D eigenvalue weighted by atomic mass is 19.4. The Balaban J connectivity index is 2.69. The van der Waals surface area contributed by atoms with Crippen molar-refractivity contribution in [2.45, 2.75) is 36.9 Å². The summed E-state index contributed by atoms with van der Waals surface area (Å²) in [6.45, 7) is 0. The summed E-state index contributed by atoms with van der Waals surface area (Å²) < 4.78 is 162. The zero-order chi connectivity index (χ0) is 27.9. The summed E-state index contributed by atoms with van der Waals surface area (Å²) in [5, 5.41) is 19.9. The van der Waals surface area contributed by atoms with E-state index in [0.29, 0.717) is 7.11 Å². The van der Waals surface area contributed by atoms with Gasteiger partial charge in [-0.3, -0.25) is 0 Å². The van der Waals surface area contributed by atoms with Crippen molar-refractivity contribution in [3.05, 3.63) is 64.0 Å². The number of alkyl halides is 12. The van der Waals surface area contributed by atoms with Gasteiger partial charge in [-0.2, -0.15) is 57.9 Å². The summed E-state index contributed by atoms with van der Waals surface area (Å²) >= 11 is 0. The van der Waals surface area contributed by atoms with Crippen LogP contribution in [0.15, 0.2) is 30.3 Å². The lowest BCUT2D eigenvalue weighted by atomic mass is 9.86. The molecule has 16 heteroatoms. The molecular formula is C20H12F12N2O2. The minimum absolute atomic E-state index is 0.0375. The monoisotopic (exact) mass is 540 g/mol. The van der Waals surface area contributed by atoms with Crippen molar-refractivity contribution in [3.63, 3.8) is 0 Å². The Morgan fingerprint density at radius 2 is 1.14 bits per heavy atom. The van der Waals surface area contributed by atoms with Crippen LogP contribution in [-0.4, -0.2) is 17.2 Å². The molecule has 2 rings (SSSR count). The molecule has 4 nitrogen and oxygen atoms in total. The number of nitrogens with zero attached hydrogens (tertiary/aromatic N) is 2. The lowest BCUT2D eigenvalue weighted by Crippen LogP contribution is -2.24. The molecule has 0 saturated heterocycles. The van der Waals surface area contributed by atoms with Crippen LogP contribution >= 0.6 is 0 Å². The Morgan fingerprint density at radius 3 is 1.44 bits per heavy atom. The van der Waals surface area contributed by atoms with Crippen LogP contribution in [-0.2, 0) is 29.4 Å². The molecule has 0 bridgehead atoms. The normalized spacial score (nSPS) is 15.8. The molecule has 0 amide bonds. The first-order valence-corrected chi connectivity index (χ1v) is 9.26. The molecule has 0 aliphatic rings. The lowest BCUT2D eigenvalue weighted by molar-refractivity contribution is -0.150. The Labute approximate surface area is 193 Å². The summed E-state index contributed by atoms with van der Waals surface area (Å²) in [4.78, 5) is 2.42. The van der Waals surface area contributed by atoms with Crippen molar-refractivity contribution in [3.8, 4) is 6.07 Å². The van der Waals surface area contributed by atoms with E-state index < -0.39 is 76.5 Å². The van der Waals surface area contributed by atoms with E-state index in [-0.39, 0.29) is 30.3 Å². The van der Waals surface area contributed by atoms with Crippen molar-refractivity contribution in [1.29, 1.82) is 5.26 Å². The SMILES string of the molecule is COC(c1cc(C(F)(F)F)cc(C(F)(F)F)c1)C(C#N)C(O)c1cc(C(F)(F)F)nc(C(F)(F)F)c1. The zero-order valence-electron chi connectivity index (χ0n) is 17.4. The highest BCUT2D eigenvalue weighted by Crippen LogP contribution is 2.42. The second kappa shape index (κ2) is 9.77.